The molecule has 3 heterocycles. The van der Waals surface area contributed by atoms with Crippen LogP contribution in [0.1, 0.15) is 13.3 Å². The van der Waals surface area contributed by atoms with Gasteiger partial charge in [-0.15, -0.1) is 0 Å². The second kappa shape index (κ2) is 6.24. The van der Waals surface area contributed by atoms with E-state index in [4.69, 9.17) is 9.72 Å². The first-order chi connectivity index (χ1) is 11.7. The van der Waals surface area contributed by atoms with Gasteiger partial charge in [-0.3, -0.25) is 0 Å². The van der Waals surface area contributed by atoms with Crippen LogP contribution in [0, 0.1) is 5.92 Å². The van der Waals surface area contributed by atoms with Gasteiger partial charge in [-0.05, 0) is 26.0 Å². The molecule has 4 rings (SSSR count). The maximum absolute atomic E-state index is 6.30. The van der Waals surface area contributed by atoms with Crippen LogP contribution in [-0.2, 0) is 7.05 Å². The van der Waals surface area contributed by atoms with Crippen molar-refractivity contribution in [1.29, 1.82) is 0 Å². The van der Waals surface area contributed by atoms with Crippen LogP contribution in [0.2, 0.25) is 0 Å². The van der Waals surface area contributed by atoms with Gasteiger partial charge < -0.3 is 14.6 Å². The lowest BCUT2D eigenvalue weighted by molar-refractivity contribution is 0.156. The van der Waals surface area contributed by atoms with Crippen LogP contribution >= 0.6 is 0 Å². The summed E-state index contributed by atoms with van der Waals surface area (Å²) in [5, 5.41) is 3.40. The third kappa shape index (κ3) is 2.76. The minimum absolute atomic E-state index is 0.122. The van der Waals surface area contributed by atoms with Crippen LogP contribution in [0.25, 0.3) is 22.3 Å². The molecule has 1 aliphatic rings. The number of nitrogens with one attached hydrogen (secondary N) is 1. The maximum Gasteiger partial charge on any atom is 0.241 e. The standard InChI is InChI=1S/C19H22N4O/c1-13(15-8-9-20-11-15)24-19-18-17(21-12-23(18)2)10-16(22-19)14-6-4-3-5-7-14/h3-7,10,12-13,15,20H,8-9,11H2,1-2H3/t13-,15-/m1/s1. The number of hydrogen-bond acceptors (Lipinski definition) is 4. The van der Waals surface area contributed by atoms with E-state index in [-0.39, 0.29) is 6.10 Å². The molecule has 5 nitrogen and oxygen atoms in total. The van der Waals surface area contributed by atoms with E-state index in [1.807, 2.05) is 42.2 Å². The van der Waals surface area contributed by atoms with Gasteiger partial charge in [-0.25, -0.2) is 9.97 Å². The topological polar surface area (TPSA) is 52.0 Å². The van der Waals surface area contributed by atoms with Gasteiger partial charge >= 0.3 is 0 Å². The summed E-state index contributed by atoms with van der Waals surface area (Å²) in [6.07, 6.45) is 3.08. The molecule has 0 saturated carbocycles. The summed E-state index contributed by atoms with van der Waals surface area (Å²) in [7, 11) is 1.98. The second-order valence-corrected chi connectivity index (χ2v) is 6.48. The highest BCUT2D eigenvalue weighted by molar-refractivity contribution is 5.84. The van der Waals surface area contributed by atoms with Gasteiger partial charge in [0.25, 0.3) is 0 Å². The summed E-state index contributed by atoms with van der Waals surface area (Å²) in [6, 6.07) is 12.2. The van der Waals surface area contributed by atoms with Crippen LogP contribution in [-0.4, -0.2) is 33.7 Å². The fraction of sp³-hybridized carbons (Fsp3) is 0.368. The molecule has 24 heavy (non-hydrogen) atoms. The Labute approximate surface area is 141 Å². The van der Waals surface area contributed by atoms with Crippen molar-refractivity contribution in [2.45, 2.75) is 19.4 Å². The Bertz CT molecular complexity index is 837. The first kappa shape index (κ1) is 15.1. The molecule has 0 aliphatic carbocycles. The first-order valence-electron chi connectivity index (χ1n) is 8.47. The average Bonchev–Trinajstić information content (AvgIpc) is 3.26. The number of pyridine rings is 1. The van der Waals surface area contributed by atoms with Crippen LogP contribution in [0.3, 0.4) is 0 Å². The highest BCUT2D eigenvalue weighted by atomic mass is 16.5. The van der Waals surface area contributed by atoms with E-state index in [1.54, 1.807) is 0 Å². The normalized spacial score (nSPS) is 18.8. The van der Waals surface area contributed by atoms with Gasteiger partial charge in [0.1, 0.15) is 11.6 Å². The fourth-order valence-corrected chi connectivity index (χ4v) is 3.33. The van der Waals surface area contributed by atoms with Gasteiger partial charge in [-0.1, -0.05) is 30.3 Å². The monoisotopic (exact) mass is 322 g/mol. The number of aromatic nitrogens is 3. The first-order valence-corrected chi connectivity index (χ1v) is 8.47. The number of aryl methyl sites for hydroxylation is 1. The van der Waals surface area contributed by atoms with Crippen molar-refractivity contribution in [3.8, 4) is 17.1 Å². The zero-order valence-corrected chi connectivity index (χ0v) is 14.1. The number of rotatable bonds is 4. The molecule has 2 aromatic heterocycles. The molecule has 0 unspecified atom stereocenters. The Morgan fingerprint density at radius 1 is 1.29 bits per heavy atom. The molecule has 5 heteroatoms. The molecule has 0 spiro atoms. The fourth-order valence-electron chi connectivity index (χ4n) is 3.33. The molecule has 1 aliphatic heterocycles. The highest BCUT2D eigenvalue weighted by Crippen LogP contribution is 2.30. The molecular formula is C19H22N4O. The summed E-state index contributed by atoms with van der Waals surface area (Å²) in [5.41, 5.74) is 3.84. The SMILES string of the molecule is C[C@@H](Oc1nc(-c2ccccc2)cc2ncn(C)c12)[C@@H]1CCNC1. The Hall–Kier alpha value is -2.40. The van der Waals surface area contributed by atoms with Crippen LogP contribution in [0.15, 0.2) is 42.7 Å². The Morgan fingerprint density at radius 2 is 2.12 bits per heavy atom. The predicted octanol–water partition coefficient (Wildman–Crippen LogP) is 3.01. The average molecular weight is 322 g/mol. The van der Waals surface area contributed by atoms with Crippen molar-refractivity contribution in [3.05, 3.63) is 42.7 Å². The van der Waals surface area contributed by atoms with E-state index >= 15 is 0 Å². The zero-order valence-electron chi connectivity index (χ0n) is 14.1. The minimum atomic E-state index is 0.122. The van der Waals surface area contributed by atoms with Gasteiger partial charge in [-0.2, -0.15) is 0 Å². The molecule has 1 fully saturated rings. The molecule has 0 bridgehead atoms. The molecule has 0 amide bonds. The number of benzene rings is 1. The van der Waals surface area contributed by atoms with Gasteiger partial charge in [0.15, 0.2) is 0 Å². The summed E-state index contributed by atoms with van der Waals surface area (Å²) >= 11 is 0. The van der Waals surface area contributed by atoms with E-state index in [1.165, 1.54) is 0 Å². The van der Waals surface area contributed by atoms with Gasteiger partial charge in [0.05, 0.1) is 17.5 Å². The van der Waals surface area contributed by atoms with E-state index in [9.17, 15) is 0 Å². The maximum atomic E-state index is 6.30. The lowest BCUT2D eigenvalue weighted by Crippen LogP contribution is -2.26. The molecule has 2 atom stereocenters. The lowest BCUT2D eigenvalue weighted by atomic mass is 10.0. The Balaban J connectivity index is 1.75. The molecule has 1 aromatic carbocycles. The highest BCUT2D eigenvalue weighted by Gasteiger charge is 2.24. The van der Waals surface area contributed by atoms with Gasteiger partial charge in [0, 0.05) is 25.1 Å². The number of imidazole rings is 1. The van der Waals surface area contributed by atoms with Crippen molar-refractivity contribution in [2.75, 3.05) is 13.1 Å². The predicted molar refractivity (Wildman–Crippen MR) is 95.0 cm³/mol. The van der Waals surface area contributed by atoms with Crippen molar-refractivity contribution in [3.63, 3.8) is 0 Å². The quantitative estimate of drug-likeness (QED) is 0.802. The third-order valence-electron chi connectivity index (χ3n) is 4.79. The summed E-state index contributed by atoms with van der Waals surface area (Å²) < 4.78 is 8.28. The Kier molecular flexibility index (Phi) is 3.94. The van der Waals surface area contributed by atoms with E-state index in [2.05, 4.69) is 29.4 Å². The van der Waals surface area contributed by atoms with Crippen molar-refractivity contribution >= 4 is 11.0 Å². The molecular weight excluding hydrogens is 300 g/mol. The number of nitrogens with zero attached hydrogens (tertiary/aromatic N) is 3. The molecule has 1 N–H and O–H groups in total. The number of ether oxygens (including phenoxy) is 1. The molecule has 1 saturated heterocycles. The Morgan fingerprint density at radius 3 is 2.88 bits per heavy atom. The van der Waals surface area contributed by atoms with E-state index in [0.717, 1.165) is 41.8 Å². The third-order valence-corrected chi connectivity index (χ3v) is 4.79. The van der Waals surface area contributed by atoms with E-state index in [0.29, 0.717) is 11.8 Å². The minimum Gasteiger partial charge on any atom is -0.473 e. The number of fused-ring (bicyclic) bond motifs is 1. The summed E-state index contributed by atoms with van der Waals surface area (Å²) in [6.45, 7) is 4.21. The summed E-state index contributed by atoms with van der Waals surface area (Å²) in [5.74, 6) is 1.20. The van der Waals surface area contributed by atoms with E-state index < -0.39 is 0 Å². The zero-order chi connectivity index (χ0) is 16.5. The van der Waals surface area contributed by atoms with Crippen molar-refractivity contribution in [1.82, 2.24) is 19.9 Å². The van der Waals surface area contributed by atoms with Crippen molar-refractivity contribution < 1.29 is 4.74 Å². The smallest absolute Gasteiger partial charge is 0.241 e. The van der Waals surface area contributed by atoms with Crippen LogP contribution in [0.5, 0.6) is 5.88 Å². The molecule has 0 radical (unpaired) electrons. The molecule has 124 valence electrons. The van der Waals surface area contributed by atoms with Crippen molar-refractivity contribution in [2.24, 2.45) is 13.0 Å². The van der Waals surface area contributed by atoms with Gasteiger partial charge in [0.2, 0.25) is 5.88 Å². The van der Waals surface area contributed by atoms with Crippen LogP contribution in [0.4, 0.5) is 0 Å². The number of hydrogen-bond donors (Lipinski definition) is 1. The summed E-state index contributed by atoms with van der Waals surface area (Å²) in [4.78, 5) is 9.31. The largest absolute Gasteiger partial charge is 0.473 e. The lowest BCUT2D eigenvalue weighted by Gasteiger charge is -2.20. The van der Waals surface area contributed by atoms with Crippen LogP contribution < -0.4 is 10.1 Å². The molecule has 3 aromatic rings. The second-order valence-electron chi connectivity index (χ2n) is 6.48.